The highest BCUT2D eigenvalue weighted by atomic mass is 32.1. The van der Waals surface area contributed by atoms with E-state index in [0.717, 1.165) is 23.7 Å². The minimum Gasteiger partial charge on any atom is -0.365 e. The summed E-state index contributed by atoms with van der Waals surface area (Å²) >= 11 is 3.28. The van der Waals surface area contributed by atoms with E-state index in [1.54, 1.807) is 22.7 Å². The first kappa shape index (κ1) is 14.0. The third-order valence-corrected chi connectivity index (χ3v) is 4.49. The number of rotatable bonds is 7. The molecule has 0 aromatic carbocycles. The lowest BCUT2D eigenvalue weighted by Crippen LogP contribution is -2.25. The molecule has 0 bridgehead atoms. The summed E-state index contributed by atoms with van der Waals surface area (Å²) in [4.78, 5) is 17.3. The van der Waals surface area contributed by atoms with Crippen LogP contribution in [0.1, 0.15) is 17.0 Å². The van der Waals surface area contributed by atoms with Gasteiger partial charge >= 0.3 is 0 Å². The topological polar surface area (TPSA) is 54.0 Å². The number of aryl methyl sites for hydroxylation is 1. The summed E-state index contributed by atoms with van der Waals surface area (Å²) in [7, 11) is 1.86. The number of nitrogens with one attached hydrogen (secondary N) is 2. The number of thiazole rings is 1. The van der Waals surface area contributed by atoms with Gasteiger partial charge in [0.05, 0.1) is 5.69 Å². The highest BCUT2D eigenvalue weighted by molar-refractivity contribution is 7.13. The Bertz CT molecular complexity index is 508. The van der Waals surface area contributed by atoms with Crippen molar-refractivity contribution < 1.29 is 4.79 Å². The zero-order valence-corrected chi connectivity index (χ0v) is 12.4. The number of nitrogens with zero attached hydrogens (tertiary/aromatic N) is 1. The number of aromatic nitrogens is 1. The quantitative estimate of drug-likeness (QED) is 0.825. The van der Waals surface area contributed by atoms with Crippen molar-refractivity contribution in [3.05, 3.63) is 33.5 Å². The number of carbonyl (C=O) groups excluding carboxylic acids is 1. The molecule has 0 radical (unpaired) electrons. The number of carbonyl (C=O) groups is 1. The van der Waals surface area contributed by atoms with Gasteiger partial charge in [-0.05, 0) is 17.9 Å². The summed E-state index contributed by atoms with van der Waals surface area (Å²) in [5.74, 6) is 0.109. The van der Waals surface area contributed by atoms with E-state index in [9.17, 15) is 4.79 Å². The fraction of sp³-hybridized carbons (Fsp3) is 0.385. The molecule has 2 heterocycles. The zero-order valence-electron chi connectivity index (χ0n) is 10.8. The molecule has 6 heteroatoms. The van der Waals surface area contributed by atoms with Crippen molar-refractivity contribution in [3.63, 3.8) is 0 Å². The van der Waals surface area contributed by atoms with Gasteiger partial charge in [0, 0.05) is 36.7 Å². The Kier molecular flexibility index (Phi) is 5.35. The molecule has 0 fully saturated rings. The highest BCUT2D eigenvalue weighted by Gasteiger charge is 2.04. The number of hydrogen-bond donors (Lipinski definition) is 2. The van der Waals surface area contributed by atoms with Gasteiger partial charge in [0.2, 0.25) is 5.91 Å². The molecule has 0 atom stereocenters. The maximum Gasteiger partial charge on any atom is 0.220 e. The van der Waals surface area contributed by atoms with Gasteiger partial charge in [-0.25, -0.2) is 4.98 Å². The second-order valence-electron chi connectivity index (χ2n) is 4.07. The van der Waals surface area contributed by atoms with E-state index in [0.29, 0.717) is 13.0 Å². The van der Waals surface area contributed by atoms with Crippen LogP contribution in [0.3, 0.4) is 0 Å². The van der Waals surface area contributed by atoms with Gasteiger partial charge in [0.1, 0.15) is 0 Å². The van der Waals surface area contributed by atoms with Crippen molar-refractivity contribution in [1.29, 1.82) is 0 Å². The Labute approximate surface area is 120 Å². The molecule has 0 aliphatic heterocycles. The van der Waals surface area contributed by atoms with Gasteiger partial charge in [-0.15, -0.1) is 22.7 Å². The van der Waals surface area contributed by atoms with Crippen LogP contribution in [-0.4, -0.2) is 24.5 Å². The van der Waals surface area contributed by atoms with E-state index >= 15 is 0 Å². The molecule has 2 aromatic heterocycles. The lowest BCUT2D eigenvalue weighted by Gasteiger charge is -2.03. The Balaban J connectivity index is 1.63. The Morgan fingerprint density at radius 2 is 2.26 bits per heavy atom. The molecule has 0 aliphatic rings. The SMILES string of the molecule is CNc1nc(CCNC(=O)CCc2cccs2)cs1. The van der Waals surface area contributed by atoms with Gasteiger partial charge in [-0.3, -0.25) is 4.79 Å². The Morgan fingerprint density at radius 1 is 1.37 bits per heavy atom. The smallest absolute Gasteiger partial charge is 0.220 e. The van der Waals surface area contributed by atoms with E-state index in [2.05, 4.69) is 21.7 Å². The summed E-state index contributed by atoms with van der Waals surface area (Å²) in [5, 5.41) is 10.9. The van der Waals surface area contributed by atoms with Gasteiger partial charge < -0.3 is 10.6 Å². The van der Waals surface area contributed by atoms with Crippen LogP contribution in [-0.2, 0) is 17.6 Å². The van der Waals surface area contributed by atoms with Crippen LogP contribution in [0.25, 0.3) is 0 Å². The lowest BCUT2D eigenvalue weighted by molar-refractivity contribution is -0.121. The van der Waals surface area contributed by atoms with Gasteiger partial charge in [-0.1, -0.05) is 6.07 Å². The molecular weight excluding hydrogens is 278 g/mol. The normalized spacial score (nSPS) is 10.4. The summed E-state index contributed by atoms with van der Waals surface area (Å²) in [6.45, 7) is 0.649. The van der Waals surface area contributed by atoms with Gasteiger partial charge in [-0.2, -0.15) is 0 Å². The average molecular weight is 295 g/mol. The minimum atomic E-state index is 0.109. The first-order valence-electron chi connectivity index (χ1n) is 6.19. The van der Waals surface area contributed by atoms with Crippen molar-refractivity contribution in [3.8, 4) is 0 Å². The van der Waals surface area contributed by atoms with Gasteiger partial charge in [0.15, 0.2) is 5.13 Å². The Morgan fingerprint density at radius 3 is 2.95 bits per heavy atom. The maximum atomic E-state index is 11.7. The average Bonchev–Trinajstić information content (AvgIpc) is 3.07. The molecule has 19 heavy (non-hydrogen) atoms. The summed E-state index contributed by atoms with van der Waals surface area (Å²) in [6.07, 6.45) is 2.16. The standard InChI is InChI=1S/C13H17N3OS2/c1-14-13-16-10(9-19-13)6-7-15-12(17)5-4-11-3-2-8-18-11/h2-3,8-9H,4-7H2,1H3,(H,14,16)(H,15,17). The maximum absolute atomic E-state index is 11.7. The fourth-order valence-corrected chi connectivity index (χ4v) is 3.06. The second-order valence-corrected chi connectivity index (χ2v) is 5.96. The molecule has 0 saturated heterocycles. The molecule has 2 N–H and O–H groups in total. The molecule has 4 nitrogen and oxygen atoms in total. The monoisotopic (exact) mass is 295 g/mol. The van der Waals surface area contributed by atoms with Crippen molar-refractivity contribution in [2.24, 2.45) is 0 Å². The number of thiophene rings is 1. The number of amides is 1. The van der Waals surface area contributed by atoms with Crippen LogP contribution >= 0.6 is 22.7 Å². The molecule has 0 unspecified atom stereocenters. The van der Waals surface area contributed by atoms with E-state index in [1.807, 2.05) is 23.9 Å². The summed E-state index contributed by atoms with van der Waals surface area (Å²) in [5.41, 5.74) is 1.02. The molecule has 2 rings (SSSR count). The molecular formula is C13H17N3OS2. The van der Waals surface area contributed by atoms with Crippen molar-refractivity contribution >= 4 is 33.7 Å². The van der Waals surface area contributed by atoms with Gasteiger partial charge in [0.25, 0.3) is 0 Å². The van der Waals surface area contributed by atoms with Crippen LogP contribution in [0.2, 0.25) is 0 Å². The van der Waals surface area contributed by atoms with E-state index in [1.165, 1.54) is 4.88 Å². The first-order chi connectivity index (χ1) is 9.28. The van der Waals surface area contributed by atoms with E-state index in [-0.39, 0.29) is 5.91 Å². The Hall–Kier alpha value is -1.40. The molecule has 2 aromatic rings. The van der Waals surface area contributed by atoms with Crippen LogP contribution in [0, 0.1) is 0 Å². The van der Waals surface area contributed by atoms with E-state index in [4.69, 9.17) is 0 Å². The van der Waals surface area contributed by atoms with Crippen molar-refractivity contribution in [2.45, 2.75) is 19.3 Å². The predicted molar refractivity (Wildman–Crippen MR) is 81.0 cm³/mol. The predicted octanol–water partition coefficient (Wildman–Crippen LogP) is 2.54. The highest BCUT2D eigenvalue weighted by Crippen LogP contribution is 2.14. The molecule has 0 spiro atoms. The largest absolute Gasteiger partial charge is 0.365 e. The van der Waals surface area contributed by atoms with Crippen LogP contribution in [0.5, 0.6) is 0 Å². The summed E-state index contributed by atoms with van der Waals surface area (Å²) in [6, 6.07) is 4.08. The van der Waals surface area contributed by atoms with Crippen molar-refractivity contribution in [1.82, 2.24) is 10.3 Å². The lowest BCUT2D eigenvalue weighted by atomic mass is 10.2. The number of hydrogen-bond acceptors (Lipinski definition) is 5. The molecule has 102 valence electrons. The van der Waals surface area contributed by atoms with Crippen LogP contribution < -0.4 is 10.6 Å². The number of anilines is 1. The van der Waals surface area contributed by atoms with Crippen LogP contribution in [0.4, 0.5) is 5.13 Å². The molecule has 0 aliphatic carbocycles. The molecule has 0 saturated carbocycles. The fourth-order valence-electron chi connectivity index (χ4n) is 1.65. The van der Waals surface area contributed by atoms with E-state index < -0.39 is 0 Å². The molecule has 1 amide bonds. The van der Waals surface area contributed by atoms with Crippen molar-refractivity contribution in [2.75, 3.05) is 18.9 Å². The van der Waals surface area contributed by atoms with Crippen LogP contribution in [0.15, 0.2) is 22.9 Å². The minimum absolute atomic E-state index is 0.109. The first-order valence-corrected chi connectivity index (χ1v) is 7.95. The third-order valence-electron chi connectivity index (χ3n) is 2.65. The zero-order chi connectivity index (χ0) is 13.5. The summed E-state index contributed by atoms with van der Waals surface area (Å²) < 4.78 is 0. The second kappa shape index (κ2) is 7.25. The third kappa shape index (κ3) is 4.65.